The van der Waals surface area contributed by atoms with Gasteiger partial charge in [-0.05, 0) is 42.8 Å². The molecule has 0 fully saturated rings. The first kappa shape index (κ1) is 20.6. The molecule has 168 valence electrons. The third kappa shape index (κ3) is 3.56. The lowest BCUT2D eigenvalue weighted by Crippen LogP contribution is -2.12. The Morgan fingerprint density at radius 3 is 2.57 bits per heavy atom. The van der Waals surface area contributed by atoms with Crippen LogP contribution < -0.4 is 5.32 Å². The van der Waals surface area contributed by atoms with Crippen LogP contribution in [0.2, 0.25) is 0 Å². The molecule has 1 N–H and O–H groups in total. The van der Waals surface area contributed by atoms with Crippen LogP contribution in [0, 0.1) is 18.3 Å². The summed E-state index contributed by atoms with van der Waals surface area (Å²) in [7, 11) is 0. The third-order valence-corrected chi connectivity index (χ3v) is 6.01. The smallest absolute Gasteiger partial charge is 0.254 e. The number of aromatic nitrogens is 6. The lowest BCUT2D eigenvalue weighted by atomic mass is 10.1. The Morgan fingerprint density at radius 1 is 0.943 bits per heavy atom. The molecule has 0 aliphatic carbocycles. The molecule has 2 aromatic carbocycles. The number of rotatable bonds is 5. The molecule has 35 heavy (non-hydrogen) atoms. The Morgan fingerprint density at radius 2 is 1.77 bits per heavy atom. The monoisotopic (exact) mass is 456 g/mol. The molecule has 8 heteroatoms. The van der Waals surface area contributed by atoms with E-state index in [0.29, 0.717) is 23.9 Å². The molecule has 0 aliphatic heterocycles. The lowest BCUT2D eigenvalue weighted by Gasteiger charge is -2.13. The molecule has 0 aliphatic rings. The van der Waals surface area contributed by atoms with Crippen LogP contribution in [0.4, 0.5) is 5.82 Å². The second-order valence-electron chi connectivity index (χ2n) is 8.21. The average molecular weight is 457 g/mol. The number of nitrogens with zero attached hydrogens (tertiary/aromatic N) is 7. The first-order chi connectivity index (χ1) is 17.2. The largest absolute Gasteiger partial charge is 0.364 e. The summed E-state index contributed by atoms with van der Waals surface area (Å²) in [6.07, 6.45) is 5.04. The van der Waals surface area contributed by atoms with Crippen molar-refractivity contribution in [3.63, 3.8) is 0 Å². The molecule has 4 heterocycles. The van der Waals surface area contributed by atoms with E-state index in [1.807, 2.05) is 70.6 Å². The molecular weight excluding hydrogens is 436 g/mol. The van der Waals surface area contributed by atoms with Crippen molar-refractivity contribution in [1.29, 1.82) is 5.26 Å². The highest BCUT2D eigenvalue weighted by Gasteiger charge is 2.18. The van der Waals surface area contributed by atoms with E-state index in [0.717, 1.165) is 38.9 Å². The molecule has 8 nitrogen and oxygen atoms in total. The number of hydrogen-bond acceptors (Lipinski definition) is 6. The quantitative estimate of drug-likeness (QED) is 0.395. The van der Waals surface area contributed by atoms with Crippen LogP contribution in [0.25, 0.3) is 33.6 Å². The number of nitriles is 1. The summed E-state index contributed by atoms with van der Waals surface area (Å²) in [5, 5.41) is 18.9. The van der Waals surface area contributed by atoms with Gasteiger partial charge in [-0.2, -0.15) is 10.2 Å². The van der Waals surface area contributed by atoms with Crippen LogP contribution >= 0.6 is 0 Å². The molecule has 0 amide bonds. The topological polar surface area (TPSA) is 96.7 Å². The summed E-state index contributed by atoms with van der Waals surface area (Å²) in [6, 6.07) is 24.1. The maximum atomic E-state index is 9.59. The van der Waals surface area contributed by atoms with Crippen LogP contribution in [-0.4, -0.2) is 29.1 Å². The fourth-order valence-corrected chi connectivity index (χ4v) is 4.37. The van der Waals surface area contributed by atoms with Crippen LogP contribution in [0.3, 0.4) is 0 Å². The average Bonchev–Trinajstić information content (AvgIpc) is 3.48. The summed E-state index contributed by atoms with van der Waals surface area (Å²) in [4.78, 5) is 13.3. The van der Waals surface area contributed by atoms with E-state index in [4.69, 9.17) is 10.1 Å². The lowest BCUT2D eigenvalue weighted by molar-refractivity contribution is 0.826. The predicted molar refractivity (Wildman–Crippen MR) is 134 cm³/mol. The van der Waals surface area contributed by atoms with Crippen molar-refractivity contribution < 1.29 is 0 Å². The normalized spacial score (nSPS) is 11.1. The molecule has 0 saturated heterocycles. The summed E-state index contributed by atoms with van der Waals surface area (Å²) >= 11 is 0. The van der Waals surface area contributed by atoms with Gasteiger partial charge in [0, 0.05) is 35.6 Å². The summed E-state index contributed by atoms with van der Waals surface area (Å²) < 4.78 is 3.85. The van der Waals surface area contributed by atoms with E-state index < -0.39 is 0 Å². The molecule has 0 spiro atoms. The van der Waals surface area contributed by atoms with Gasteiger partial charge in [-0.25, -0.2) is 14.5 Å². The molecule has 0 bridgehead atoms. The SMILES string of the molecule is Cc1cc2c(C#N)cccc2n1-c1nc(NCc2ccccc2)c2ccc(-c3cncnc3)n2n1. The summed E-state index contributed by atoms with van der Waals surface area (Å²) in [5.74, 6) is 1.21. The number of nitrogens with one attached hydrogen (secondary N) is 1. The van der Waals surface area contributed by atoms with Gasteiger partial charge in [0.15, 0.2) is 5.82 Å². The van der Waals surface area contributed by atoms with E-state index in [1.165, 1.54) is 6.33 Å². The van der Waals surface area contributed by atoms with E-state index in [9.17, 15) is 5.26 Å². The van der Waals surface area contributed by atoms with Crippen LogP contribution in [0.15, 0.2) is 85.5 Å². The van der Waals surface area contributed by atoms with E-state index >= 15 is 0 Å². The Balaban J connectivity index is 1.57. The standard InChI is InChI=1S/C27H20N8/c1-18-12-22-20(13-28)8-5-9-24(22)34(18)27-32-26(31-14-19-6-3-2-4-7-19)25-11-10-23(35(25)33-27)21-15-29-17-30-16-21/h2-12,15-17H,14H2,1H3,(H,31,32,33). The predicted octanol–water partition coefficient (Wildman–Crippen LogP) is 4.92. The highest BCUT2D eigenvalue weighted by atomic mass is 15.3. The number of anilines is 1. The van der Waals surface area contributed by atoms with E-state index in [2.05, 4.69) is 33.5 Å². The van der Waals surface area contributed by atoms with Gasteiger partial charge >= 0.3 is 0 Å². The van der Waals surface area contributed by atoms with Gasteiger partial charge in [0.1, 0.15) is 11.8 Å². The second-order valence-corrected chi connectivity index (χ2v) is 8.21. The first-order valence-electron chi connectivity index (χ1n) is 11.2. The van der Waals surface area contributed by atoms with E-state index in [-0.39, 0.29) is 0 Å². The molecule has 0 unspecified atom stereocenters. The van der Waals surface area contributed by atoms with Crippen molar-refractivity contribution in [3.05, 3.63) is 102 Å². The fourth-order valence-electron chi connectivity index (χ4n) is 4.37. The van der Waals surface area contributed by atoms with Crippen LogP contribution in [0.1, 0.15) is 16.8 Å². The molecular formula is C27H20N8. The zero-order valence-corrected chi connectivity index (χ0v) is 18.9. The van der Waals surface area contributed by atoms with Gasteiger partial charge in [0.05, 0.1) is 22.8 Å². The number of hydrogen-bond donors (Lipinski definition) is 1. The van der Waals surface area contributed by atoms with E-state index in [1.54, 1.807) is 12.4 Å². The highest BCUT2D eigenvalue weighted by Crippen LogP contribution is 2.29. The molecule has 4 aromatic heterocycles. The first-order valence-corrected chi connectivity index (χ1v) is 11.2. The maximum absolute atomic E-state index is 9.59. The van der Waals surface area contributed by atoms with Gasteiger partial charge < -0.3 is 5.32 Å². The molecule has 0 radical (unpaired) electrons. The van der Waals surface area contributed by atoms with Gasteiger partial charge in [0.25, 0.3) is 5.95 Å². The minimum absolute atomic E-state index is 0.505. The highest BCUT2D eigenvalue weighted by molar-refractivity contribution is 5.88. The number of benzene rings is 2. The van der Waals surface area contributed by atoms with Crippen molar-refractivity contribution >= 4 is 22.2 Å². The molecule has 0 atom stereocenters. The summed E-state index contributed by atoms with van der Waals surface area (Å²) in [6.45, 7) is 2.61. The van der Waals surface area contributed by atoms with Gasteiger partial charge in [-0.15, -0.1) is 5.10 Å². The van der Waals surface area contributed by atoms with Crippen molar-refractivity contribution in [2.45, 2.75) is 13.5 Å². The number of aryl methyl sites for hydroxylation is 1. The molecule has 6 aromatic rings. The minimum Gasteiger partial charge on any atom is -0.364 e. The van der Waals surface area contributed by atoms with Crippen molar-refractivity contribution in [2.75, 3.05) is 5.32 Å². The van der Waals surface area contributed by atoms with Gasteiger partial charge in [-0.1, -0.05) is 36.4 Å². The Kier molecular flexibility index (Phi) is 4.93. The Labute approximate surface area is 201 Å². The maximum Gasteiger partial charge on any atom is 0.254 e. The third-order valence-electron chi connectivity index (χ3n) is 6.01. The van der Waals surface area contributed by atoms with Crippen molar-refractivity contribution in [3.8, 4) is 23.3 Å². The van der Waals surface area contributed by atoms with Crippen molar-refractivity contribution in [1.82, 2.24) is 29.1 Å². The summed E-state index contributed by atoms with van der Waals surface area (Å²) in [5.41, 5.74) is 6.15. The Bertz CT molecular complexity index is 1710. The minimum atomic E-state index is 0.505. The van der Waals surface area contributed by atoms with Crippen LogP contribution in [0.5, 0.6) is 0 Å². The van der Waals surface area contributed by atoms with Crippen molar-refractivity contribution in [2.24, 2.45) is 0 Å². The molecule has 0 saturated carbocycles. The second kappa shape index (κ2) is 8.39. The molecule has 6 rings (SSSR count). The fraction of sp³-hybridized carbons (Fsp3) is 0.0741. The van der Waals surface area contributed by atoms with Gasteiger partial charge in [0.2, 0.25) is 0 Å². The number of fused-ring (bicyclic) bond motifs is 2. The zero-order valence-electron chi connectivity index (χ0n) is 18.9. The van der Waals surface area contributed by atoms with Gasteiger partial charge in [-0.3, -0.25) is 4.57 Å². The zero-order chi connectivity index (χ0) is 23.8. The van der Waals surface area contributed by atoms with Crippen LogP contribution in [-0.2, 0) is 6.54 Å². The Hall–Kier alpha value is -5.03.